The number of carbonyl (C=O) groups excluding carboxylic acids is 1. The summed E-state index contributed by atoms with van der Waals surface area (Å²) in [7, 11) is 1.37. The molecule has 1 rings (SSSR count). The first-order chi connectivity index (χ1) is 8.26. The lowest BCUT2D eigenvalue weighted by Crippen LogP contribution is -2.11. The van der Waals surface area contributed by atoms with Crippen molar-refractivity contribution < 1.29 is 9.53 Å². The van der Waals surface area contributed by atoms with E-state index in [0.29, 0.717) is 18.8 Å². The normalized spacial score (nSPS) is 9.76. The van der Waals surface area contributed by atoms with Crippen LogP contribution in [0, 0.1) is 0 Å². The molecule has 0 fully saturated rings. The highest BCUT2D eigenvalue weighted by atomic mass is 16.5. The summed E-state index contributed by atoms with van der Waals surface area (Å²) in [4.78, 5) is 19.0. The molecule has 94 valence electrons. The number of hydrogen-bond acceptors (Lipinski definition) is 6. The van der Waals surface area contributed by atoms with Gasteiger partial charge in [-0.2, -0.15) is 0 Å². The molecular formula is C11H18N4O2. The van der Waals surface area contributed by atoms with Crippen LogP contribution in [0.3, 0.4) is 0 Å². The lowest BCUT2D eigenvalue weighted by Gasteiger charge is -2.07. The maximum absolute atomic E-state index is 10.9. The molecule has 6 nitrogen and oxygen atoms in total. The minimum Gasteiger partial charge on any atom is -0.469 e. The molecule has 0 atom stereocenters. The number of rotatable bonds is 7. The van der Waals surface area contributed by atoms with Crippen molar-refractivity contribution in [3.05, 3.63) is 12.4 Å². The number of nitrogens with one attached hydrogen (secondary N) is 2. The summed E-state index contributed by atoms with van der Waals surface area (Å²) < 4.78 is 4.54. The minimum atomic E-state index is -0.240. The Morgan fingerprint density at radius 3 is 2.53 bits per heavy atom. The smallest absolute Gasteiger partial charge is 0.307 e. The number of hydrogen-bond donors (Lipinski definition) is 2. The van der Waals surface area contributed by atoms with Crippen LogP contribution in [0.15, 0.2) is 12.4 Å². The Balaban J connectivity index is 2.40. The molecule has 1 heterocycles. The highest BCUT2D eigenvalue weighted by Crippen LogP contribution is 2.08. The zero-order valence-corrected chi connectivity index (χ0v) is 10.2. The number of carbonyl (C=O) groups is 1. The lowest BCUT2D eigenvalue weighted by molar-refractivity contribution is -0.140. The molecule has 0 saturated carbocycles. The summed E-state index contributed by atoms with van der Waals surface area (Å²) in [5.41, 5.74) is 0. The Morgan fingerprint density at radius 2 is 1.94 bits per heavy atom. The van der Waals surface area contributed by atoms with E-state index in [1.165, 1.54) is 13.4 Å². The predicted molar refractivity (Wildman–Crippen MR) is 65.9 cm³/mol. The molecule has 0 amide bonds. The van der Waals surface area contributed by atoms with Crippen LogP contribution in [0.5, 0.6) is 0 Å². The van der Waals surface area contributed by atoms with Crippen molar-refractivity contribution >= 4 is 17.6 Å². The van der Waals surface area contributed by atoms with Gasteiger partial charge in [0, 0.05) is 19.2 Å². The second-order valence-electron chi connectivity index (χ2n) is 3.47. The van der Waals surface area contributed by atoms with Crippen molar-refractivity contribution in [1.29, 1.82) is 0 Å². The van der Waals surface area contributed by atoms with Gasteiger partial charge in [-0.25, -0.2) is 9.97 Å². The maximum atomic E-state index is 10.9. The van der Waals surface area contributed by atoms with Crippen LogP contribution in [0.4, 0.5) is 11.6 Å². The number of aromatic nitrogens is 2. The molecular weight excluding hydrogens is 220 g/mol. The maximum Gasteiger partial charge on any atom is 0.307 e. The highest BCUT2D eigenvalue weighted by molar-refractivity contribution is 5.69. The fourth-order valence-corrected chi connectivity index (χ4v) is 1.20. The summed E-state index contributed by atoms with van der Waals surface area (Å²) in [6.45, 7) is 3.46. The van der Waals surface area contributed by atoms with E-state index in [4.69, 9.17) is 0 Å². The number of anilines is 2. The second-order valence-corrected chi connectivity index (χ2v) is 3.47. The first kappa shape index (κ1) is 13.2. The van der Waals surface area contributed by atoms with Gasteiger partial charge in [0.15, 0.2) is 0 Å². The Bertz CT molecular complexity index is 357. The van der Waals surface area contributed by atoms with Gasteiger partial charge in [-0.1, -0.05) is 6.92 Å². The van der Waals surface area contributed by atoms with Crippen LogP contribution in [-0.2, 0) is 9.53 Å². The third kappa shape index (κ3) is 5.14. The van der Waals surface area contributed by atoms with E-state index in [-0.39, 0.29) is 5.97 Å². The molecule has 0 saturated heterocycles. The van der Waals surface area contributed by atoms with Crippen LogP contribution < -0.4 is 10.6 Å². The van der Waals surface area contributed by atoms with E-state index in [0.717, 1.165) is 18.8 Å². The molecule has 0 aliphatic rings. The molecule has 0 spiro atoms. The van der Waals surface area contributed by atoms with Gasteiger partial charge in [0.05, 0.1) is 13.5 Å². The number of methoxy groups -OCH3 is 1. The molecule has 0 aliphatic heterocycles. The molecule has 0 aromatic carbocycles. The van der Waals surface area contributed by atoms with Crippen molar-refractivity contribution in [2.75, 3.05) is 30.8 Å². The Kier molecular flexibility index (Phi) is 5.77. The van der Waals surface area contributed by atoms with Crippen molar-refractivity contribution in [3.8, 4) is 0 Å². The molecule has 0 bridgehead atoms. The Morgan fingerprint density at radius 1 is 1.29 bits per heavy atom. The van der Waals surface area contributed by atoms with E-state index in [2.05, 4.69) is 32.3 Å². The Labute approximate surface area is 101 Å². The van der Waals surface area contributed by atoms with Gasteiger partial charge in [-0.05, 0) is 6.42 Å². The standard InChI is InChI=1S/C11H18N4O2/c1-3-5-12-9-7-10(15-8-14-9)13-6-4-11(16)17-2/h7-8H,3-6H2,1-2H3,(H2,12,13,14,15). The van der Waals surface area contributed by atoms with E-state index in [1.807, 2.05) is 6.07 Å². The van der Waals surface area contributed by atoms with Gasteiger partial charge in [-0.3, -0.25) is 4.79 Å². The molecule has 0 radical (unpaired) electrons. The quantitative estimate of drug-likeness (QED) is 0.697. The fraction of sp³-hybridized carbons (Fsp3) is 0.545. The first-order valence-electron chi connectivity index (χ1n) is 5.63. The van der Waals surface area contributed by atoms with Crippen LogP contribution in [0.1, 0.15) is 19.8 Å². The Hall–Kier alpha value is -1.85. The molecule has 1 aromatic heterocycles. The summed E-state index contributed by atoms with van der Waals surface area (Å²) in [5, 5.41) is 6.20. The molecule has 1 aromatic rings. The van der Waals surface area contributed by atoms with Crippen molar-refractivity contribution in [3.63, 3.8) is 0 Å². The lowest BCUT2D eigenvalue weighted by atomic mass is 10.4. The molecule has 2 N–H and O–H groups in total. The second kappa shape index (κ2) is 7.43. The zero-order chi connectivity index (χ0) is 12.5. The van der Waals surface area contributed by atoms with Crippen molar-refractivity contribution in [1.82, 2.24) is 9.97 Å². The highest BCUT2D eigenvalue weighted by Gasteiger charge is 2.01. The van der Waals surface area contributed by atoms with Gasteiger partial charge in [0.25, 0.3) is 0 Å². The van der Waals surface area contributed by atoms with Gasteiger partial charge < -0.3 is 15.4 Å². The summed E-state index contributed by atoms with van der Waals surface area (Å²) >= 11 is 0. The SMILES string of the molecule is CCCNc1cc(NCCC(=O)OC)ncn1. The zero-order valence-electron chi connectivity index (χ0n) is 10.2. The van der Waals surface area contributed by atoms with E-state index >= 15 is 0 Å². The average molecular weight is 238 g/mol. The van der Waals surface area contributed by atoms with Crippen molar-refractivity contribution in [2.45, 2.75) is 19.8 Å². The van der Waals surface area contributed by atoms with Crippen molar-refractivity contribution in [2.24, 2.45) is 0 Å². The number of nitrogens with zero attached hydrogens (tertiary/aromatic N) is 2. The molecule has 0 aliphatic carbocycles. The van der Waals surface area contributed by atoms with E-state index in [9.17, 15) is 4.79 Å². The summed E-state index contributed by atoms with van der Waals surface area (Å²) in [6, 6.07) is 1.81. The van der Waals surface area contributed by atoms with Crippen LogP contribution in [0.25, 0.3) is 0 Å². The van der Waals surface area contributed by atoms with E-state index in [1.54, 1.807) is 0 Å². The van der Waals surface area contributed by atoms with Gasteiger partial charge in [-0.15, -0.1) is 0 Å². The average Bonchev–Trinajstić information content (AvgIpc) is 2.36. The topological polar surface area (TPSA) is 76.1 Å². The monoisotopic (exact) mass is 238 g/mol. The summed E-state index contributed by atoms with van der Waals surface area (Å²) in [5.74, 6) is 1.24. The van der Waals surface area contributed by atoms with Crippen LogP contribution >= 0.6 is 0 Å². The third-order valence-corrected chi connectivity index (χ3v) is 2.09. The van der Waals surface area contributed by atoms with Gasteiger partial charge in [0.1, 0.15) is 18.0 Å². The predicted octanol–water partition coefficient (Wildman–Crippen LogP) is 1.27. The van der Waals surface area contributed by atoms with E-state index < -0.39 is 0 Å². The van der Waals surface area contributed by atoms with Gasteiger partial charge >= 0.3 is 5.97 Å². The van der Waals surface area contributed by atoms with Crippen LogP contribution in [0.2, 0.25) is 0 Å². The minimum absolute atomic E-state index is 0.240. The molecule has 6 heteroatoms. The van der Waals surface area contributed by atoms with Crippen LogP contribution in [-0.4, -0.2) is 36.1 Å². The van der Waals surface area contributed by atoms with Gasteiger partial charge in [0.2, 0.25) is 0 Å². The third-order valence-electron chi connectivity index (χ3n) is 2.09. The fourth-order valence-electron chi connectivity index (χ4n) is 1.20. The molecule has 17 heavy (non-hydrogen) atoms. The largest absolute Gasteiger partial charge is 0.469 e. The summed E-state index contributed by atoms with van der Waals surface area (Å²) in [6.07, 6.45) is 2.84. The number of esters is 1. The first-order valence-corrected chi connectivity index (χ1v) is 5.63. The molecule has 0 unspecified atom stereocenters. The number of ether oxygens (including phenoxy) is 1.